The van der Waals surface area contributed by atoms with Gasteiger partial charge < -0.3 is 15.4 Å². The summed E-state index contributed by atoms with van der Waals surface area (Å²) in [5.74, 6) is -0.654. The Hall–Kier alpha value is -2.16. The molecule has 1 saturated heterocycles. The lowest BCUT2D eigenvalue weighted by molar-refractivity contribution is -0.154. The fraction of sp³-hybridized carbons (Fsp3) is 0.533. The minimum absolute atomic E-state index is 0.0111. The molecule has 2 heterocycles. The second kappa shape index (κ2) is 7.61. The van der Waals surface area contributed by atoms with Crippen molar-refractivity contribution in [1.82, 2.24) is 15.6 Å². The second-order valence-electron chi connectivity index (χ2n) is 5.59. The van der Waals surface area contributed by atoms with Crippen LogP contribution in [0.2, 0.25) is 0 Å². The van der Waals surface area contributed by atoms with E-state index in [4.69, 9.17) is 0 Å². The Labute approximate surface area is 136 Å². The Bertz CT molecular complexity index is 607. The highest BCUT2D eigenvalue weighted by atomic mass is 19.4. The van der Waals surface area contributed by atoms with Crippen LogP contribution in [0.1, 0.15) is 18.9 Å². The highest BCUT2D eigenvalue weighted by Crippen LogP contribution is 2.20. The Morgan fingerprint density at radius 3 is 2.83 bits per heavy atom. The van der Waals surface area contributed by atoms with E-state index in [2.05, 4.69) is 20.4 Å². The van der Waals surface area contributed by atoms with Crippen molar-refractivity contribution in [3.63, 3.8) is 0 Å². The molecule has 0 bridgehead atoms. The summed E-state index contributed by atoms with van der Waals surface area (Å²) in [6, 6.07) is 2.58. The van der Waals surface area contributed by atoms with Crippen LogP contribution >= 0.6 is 0 Å². The van der Waals surface area contributed by atoms with Crippen LogP contribution in [0, 0.1) is 5.92 Å². The third-order valence-corrected chi connectivity index (χ3v) is 3.70. The smallest absolute Gasteiger partial charge is 0.422 e. The van der Waals surface area contributed by atoms with Gasteiger partial charge in [0.25, 0.3) is 0 Å². The molecule has 6 nitrogen and oxygen atoms in total. The number of Topliss-reactive ketones (excluding diaryl/α,β-unsaturated/α-hetero) is 1. The normalized spacial score (nSPS) is 20.7. The van der Waals surface area contributed by atoms with Crippen LogP contribution in [0.15, 0.2) is 18.3 Å². The number of ether oxygens (including phenoxy) is 1. The third kappa shape index (κ3) is 5.19. The summed E-state index contributed by atoms with van der Waals surface area (Å²) in [6.45, 7) is 0.463. The monoisotopic (exact) mass is 345 g/mol. The quantitative estimate of drug-likeness (QED) is 0.810. The average Bonchev–Trinajstić information content (AvgIpc) is 3.01. The first-order valence-corrected chi connectivity index (χ1v) is 7.41. The first-order valence-electron chi connectivity index (χ1n) is 7.41. The predicted molar refractivity (Wildman–Crippen MR) is 78.2 cm³/mol. The molecule has 0 spiro atoms. The van der Waals surface area contributed by atoms with E-state index in [9.17, 15) is 22.8 Å². The first-order chi connectivity index (χ1) is 11.3. The minimum Gasteiger partial charge on any atom is -0.468 e. The van der Waals surface area contributed by atoms with Gasteiger partial charge in [0, 0.05) is 30.8 Å². The summed E-state index contributed by atoms with van der Waals surface area (Å²) >= 11 is 0. The van der Waals surface area contributed by atoms with Crippen molar-refractivity contribution in [3.05, 3.63) is 23.9 Å². The van der Waals surface area contributed by atoms with Crippen molar-refractivity contribution in [3.8, 4) is 5.88 Å². The van der Waals surface area contributed by atoms with Crippen molar-refractivity contribution in [2.75, 3.05) is 13.2 Å². The van der Waals surface area contributed by atoms with Gasteiger partial charge in [0.1, 0.15) is 5.78 Å². The van der Waals surface area contributed by atoms with Crippen LogP contribution < -0.4 is 15.4 Å². The number of nitrogens with zero attached hydrogens (tertiary/aromatic N) is 1. The number of carbonyl (C=O) groups excluding carboxylic acids is 2. The number of hydrogen-bond acceptors (Lipinski definition) is 5. The molecule has 2 rings (SSSR count). The minimum atomic E-state index is -4.46. The summed E-state index contributed by atoms with van der Waals surface area (Å²) < 4.78 is 41.4. The van der Waals surface area contributed by atoms with E-state index in [1.807, 2.05) is 0 Å². The highest BCUT2D eigenvalue weighted by molar-refractivity contribution is 5.85. The Morgan fingerprint density at radius 1 is 1.46 bits per heavy atom. The molecule has 1 fully saturated rings. The molecule has 0 saturated carbocycles. The van der Waals surface area contributed by atoms with Crippen molar-refractivity contribution in [1.29, 1.82) is 0 Å². The van der Waals surface area contributed by atoms with E-state index in [0.29, 0.717) is 18.5 Å². The SMILES string of the molecule is CC(=O)C1CNC(C(=O)NCc2cccnc2OCC(F)(F)F)C1. The van der Waals surface area contributed by atoms with Gasteiger partial charge in [0.2, 0.25) is 11.8 Å². The molecular weight excluding hydrogens is 327 g/mol. The molecule has 0 aliphatic carbocycles. The van der Waals surface area contributed by atoms with Crippen molar-refractivity contribution >= 4 is 11.7 Å². The molecular formula is C15H18F3N3O3. The van der Waals surface area contributed by atoms with Crippen molar-refractivity contribution in [2.24, 2.45) is 5.92 Å². The molecule has 1 aromatic heterocycles. The molecule has 1 aliphatic heterocycles. The number of alkyl halides is 3. The van der Waals surface area contributed by atoms with E-state index < -0.39 is 18.8 Å². The Kier molecular flexibility index (Phi) is 5.76. The number of rotatable bonds is 6. The summed E-state index contributed by atoms with van der Waals surface area (Å²) in [6.07, 6.45) is -2.74. The number of hydrogen-bond donors (Lipinski definition) is 2. The molecule has 0 aromatic carbocycles. The van der Waals surface area contributed by atoms with Gasteiger partial charge in [-0.15, -0.1) is 0 Å². The van der Waals surface area contributed by atoms with Crippen LogP contribution in [0.25, 0.3) is 0 Å². The third-order valence-electron chi connectivity index (χ3n) is 3.70. The van der Waals surface area contributed by atoms with Crippen LogP contribution in [0.4, 0.5) is 13.2 Å². The average molecular weight is 345 g/mol. The summed E-state index contributed by atoms with van der Waals surface area (Å²) in [5.41, 5.74) is 0.344. The molecule has 132 valence electrons. The number of pyridine rings is 1. The lowest BCUT2D eigenvalue weighted by Gasteiger charge is -2.14. The summed E-state index contributed by atoms with van der Waals surface area (Å²) in [5, 5.41) is 5.58. The van der Waals surface area contributed by atoms with Gasteiger partial charge >= 0.3 is 6.18 Å². The van der Waals surface area contributed by atoms with Gasteiger partial charge in [-0.25, -0.2) is 4.98 Å². The van der Waals surface area contributed by atoms with Crippen molar-refractivity contribution < 1.29 is 27.5 Å². The van der Waals surface area contributed by atoms with Gasteiger partial charge in [0.15, 0.2) is 6.61 Å². The molecule has 1 amide bonds. The van der Waals surface area contributed by atoms with E-state index in [1.54, 1.807) is 6.07 Å². The van der Waals surface area contributed by atoms with Crippen LogP contribution in [-0.2, 0) is 16.1 Å². The Morgan fingerprint density at radius 2 is 2.21 bits per heavy atom. The Balaban J connectivity index is 1.90. The van der Waals surface area contributed by atoms with E-state index in [1.165, 1.54) is 19.2 Å². The number of amides is 1. The van der Waals surface area contributed by atoms with Crippen LogP contribution in [0.3, 0.4) is 0 Å². The molecule has 2 N–H and O–H groups in total. The standard InChI is InChI=1S/C15H18F3N3O3/c1-9(22)11-5-12(20-7-11)13(23)21-6-10-3-2-4-19-14(10)24-8-15(16,17)18/h2-4,11-12,20H,5-8H2,1H3,(H,21,23). The molecule has 1 aromatic rings. The van der Waals surface area contributed by atoms with Gasteiger partial charge in [-0.2, -0.15) is 13.2 Å². The van der Waals surface area contributed by atoms with Gasteiger partial charge in [-0.3, -0.25) is 9.59 Å². The molecule has 24 heavy (non-hydrogen) atoms. The van der Waals surface area contributed by atoms with Gasteiger partial charge in [-0.1, -0.05) is 6.07 Å². The second-order valence-corrected chi connectivity index (χ2v) is 5.59. The maximum Gasteiger partial charge on any atom is 0.422 e. The molecule has 9 heteroatoms. The van der Waals surface area contributed by atoms with Gasteiger partial charge in [-0.05, 0) is 19.4 Å². The zero-order valence-electron chi connectivity index (χ0n) is 13.0. The molecule has 2 atom stereocenters. The molecule has 0 radical (unpaired) electrons. The fourth-order valence-electron chi connectivity index (χ4n) is 2.39. The van der Waals surface area contributed by atoms with Crippen molar-refractivity contribution in [2.45, 2.75) is 32.1 Å². The van der Waals surface area contributed by atoms with Crippen LogP contribution in [-0.4, -0.2) is 42.0 Å². The number of aromatic nitrogens is 1. The highest BCUT2D eigenvalue weighted by Gasteiger charge is 2.32. The lowest BCUT2D eigenvalue weighted by atomic mass is 10.0. The van der Waals surface area contributed by atoms with Gasteiger partial charge in [0.05, 0.1) is 6.04 Å². The predicted octanol–water partition coefficient (Wildman–Crippen LogP) is 1.21. The topological polar surface area (TPSA) is 80.3 Å². The van der Waals surface area contributed by atoms with E-state index in [-0.39, 0.29) is 30.0 Å². The maximum atomic E-state index is 12.2. The number of carbonyl (C=O) groups is 2. The van der Waals surface area contributed by atoms with E-state index in [0.717, 1.165) is 0 Å². The van der Waals surface area contributed by atoms with Crippen LogP contribution in [0.5, 0.6) is 5.88 Å². The van der Waals surface area contributed by atoms with E-state index >= 15 is 0 Å². The number of ketones is 1. The number of nitrogens with one attached hydrogen (secondary N) is 2. The molecule has 2 unspecified atom stereocenters. The largest absolute Gasteiger partial charge is 0.468 e. The zero-order valence-corrected chi connectivity index (χ0v) is 13.0. The first kappa shape index (κ1) is 18.2. The maximum absolute atomic E-state index is 12.2. The zero-order chi connectivity index (χ0) is 17.7. The number of halogens is 3. The fourth-order valence-corrected chi connectivity index (χ4v) is 2.39. The summed E-state index contributed by atoms with van der Waals surface area (Å²) in [4.78, 5) is 27.2. The summed E-state index contributed by atoms with van der Waals surface area (Å²) in [7, 11) is 0. The molecule has 1 aliphatic rings. The lowest BCUT2D eigenvalue weighted by Crippen LogP contribution is -2.40.